The van der Waals surface area contributed by atoms with E-state index in [4.69, 9.17) is 0 Å². The zero-order chi connectivity index (χ0) is 11.6. The molecule has 0 bridgehead atoms. The molecule has 0 saturated carbocycles. The van der Waals surface area contributed by atoms with E-state index in [1.54, 1.807) is 0 Å². The van der Waals surface area contributed by atoms with Crippen LogP contribution in [0.1, 0.15) is 27.7 Å². The van der Waals surface area contributed by atoms with E-state index in [-0.39, 0.29) is 12.0 Å². The SMILES string of the molecule is CC(C)C(=O)C1CN(P)CCN1C(C)C. The number of rotatable bonds is 3. The highest BCUT2D eigenvalue weighted by molar-refractivity contribution is 7.13. The standard InChI is InChI=1S/C11H23N2OP/c1-8(2)11(14)10-7-12(15)5-6-13(10)9(3)4/h8-10H,5-7,15H2,1-4H3. The number of hydrogen-bond donors (Lipinski definition) is 0. The van der Waals surface area contributed by atoms with Crippen LogP contribution in [0.5, 0.6) is 0 Å². The van der Waals surface area contributed by atoms with Crippen LogP contribution in [0.3, 0.4) is 0 Å². The van der Waals surface area contributed by atoms with Crippen LogP contribution in [0.15, 0.2) is 0 Å². The van der Waals surface area contributed by atoms with Crippen molar-refractivity contribution in [1.82, 2.24) is 9.57 Å². The molecular weight excluding hydrogens is 207 g/mol. The first-order valence-corrected chi connectivity index (χ1v) is 6.24. The van der Waals surface area contributed by atoms with E-state index < -0.39 is 0 Å². The van der Waals surface area contributed by atoms with Crippen molar-refractivity contribution in [3.8, 4) is 0 Å². The van der Waals surface area contributed by atoms with Crippen molar-refractivity contribution in [2.75, 3.05) is 19.6 Å². The molecule has 88 valence electrons. The molecule has 0 radical (unpaired) electrons. The quantitative estimate of drug-likeness (QED) is 0.685. The molecule has 0 amide bonds. The third kappa shape index (κ3) is 3.24. The Morgan fingerprint density at radius 1 is 1.27 bits per heavy atom. The Morgan fingerprint density at radius 2 is 1.87 bits per heavy atom. The van der Waals surface area contributed by atoms with Gasteiger partial charge in [0.25, 0.3) is 0 Å². The molecule has 1 fully saturated rings. The van der Waals surface area contributed by atoms with Crippen LogP contribution in [-0.2, 0) is 4.79 Å². The minimum absolute atomic E-state index is 0.0799. The van der Waals surface area contributed by atoms with Crippen molar-refractivity contribution < 1.29 is 4.79 Å². The second-order valence-corrected chi connectivity index (χ2v) is 5.63. The van der Waals surface area contributed by atoms with E-state index in [1.807, 2.05) is 13.8 Å². The van der Waals surface area contributed by atoms with Crippen molar-refractivity contribution in [1.29, 1.82) is 0 Å². The number of carbonyl (C=O) groups excluding carboxylic acids is 1. The molecule has 1 aliphatic heterocycles. The maximum absolute atomic E-state index is 12.1. The van der Waals surface area contributed by atoms with Crippen LogP contribution in [0.2, 0.25) is 0 Å². The molecule has 1 rings (SSSR count). The Morgan fingerprint density at radius 3 is 2.33 bits per heavy atom. The first-order valence-electron chi connectivity index (χ1n) is 5.72. The van der Waals surface area contributed by atoms with Gasteiger partial charge in [0.1, 0.15) is 0 Å². The lowest BCUT2D eigenvalue weighted by Gasteiger charge is -2.41. The van der Waals surface area contributed by atoms with Gasteiger partial charge in [0.05, 0.1) is 6.04 Å². The Hall–Kier alpha value is 0.0200. The highest BCUT2D eigenvalue weighted by Gasteiger charge is 2.33. The summed E-state index contributed by atoms with van der Waals surface area (Å²) in [6.45, 7) is 11.2. The topological polar surface area (TPSA) is 23.6 Å². The number of hydrogen-bond acceptors (Lipinski definition) is 3. The number of Topliss-reactive ketones (excluding diaryl/α,β-unsaturated/α-hetero) is 1. The lowest BCUT2D eigenvalue weighted by molar-refractivity contribution is -0.129. The molecule has 2 atom stereocenters. The fourth-order valence-corrected chi connectivity index (χ4v) is 2.39. The van der Waals surface area contributed by atoms with E-state index in [0.717, 1.165) is 19.6 Å². The molecule has 0 spiro atoms. The number of carbonyl (C=O) groups is 1. The zero-order valence-electron chi connectivity index (χ0n) is 10.2. The van der Waals surface area contributed by atoms with E-state index >= 15 is 0 Å². The van der Waals surface area contributed by atoms with Crippen molar-refractivity contribution >= 4 is 15.2 Å². The molecule has 1 heterocycles. The summed E-state index contributed by atoms with van der Waals surface area (Å²) in [5.41, 5.74) is 0. The summed E-state index contributed by atoms with van der Waals surface area (Å²) in [5.74, 6) is 0.503. The molecule has 0 aromatic rings. The number of ketones is 1. The third-order valence-corrected chi connectivity index (χ3v) is 3.48. The molecule has 0 aromatic carbocycles. The second kappa shape index (κ2) is 5.38. The van der Waals surface area contributed by atoms with Crippen LogP contribution >= 0.6 is 9.39 Å². The van der Waals surface area contributed by atoms with E-state index in [1.165, 1.54) is 0 Å². The van der Waals surface area contributed by atoms with Crippen LogP contribution < -0.4 is 0 Å². The summed E-state index contributed by atoms with van der Waals surface area (Å²) in [5, 5.41) is 0. The Bertz CT molecular complexity index is 231. The maximum atomic E-state index is 12.1. The lowest BCUT2D eigenvalue weighted by atomic mass is 9.98. The van der Waals surface area contributed by atoms with Gasteiger partial charge in [0.15, 0.2) is 5.78 Å². The van der Waals surface area contributed by atoms with Crippen molar-refractivity contribution in [3.63, 3.8) is 0 Å². The highest BCUT2D eigenvalue weighted by atomic mass is 31.0. The summed E-state index contributed by atoms with van der Waals surface area (Å²) < 4.78 is 2.17. The van der Waals surface area contributed by atoms with Crippen molar-refractivity contribution in [2.24, 2.45) is 5.92 Å². The largest absolute Gasteiger partial charge is 0.298 e. The molecule has 1 saturated heterocycles. The second-order valence-electron chi connectivity index (χ2n) is 4.90. The number of nitrogens with zero attached hydrogens (tertiary/aromatic N) is 2. The van der Waals surface area contributed by atoms with Gasteiger partial charge < -0.3 is 0 Å². The summed E-state index contributed by atoms with van der Waals surface area (Å²) in [4.78, 5) is 14.4. The van der Waals surface area contributed by atoms with Crippen LogP contribution in [-0.4, -0.2) is 47.1 Å². The molecule has 0 aromatic heterocycles. The molecular formula is C11H23N2OP. The molecule has 4 heteroatoms. The van der Waals surface area contributed by atoms with Gasteiger partial charge >= 0.3 is 0 Å². The van der Waals surface area contributed by atoms with Gasteiger partial charge in [-0.05, 0) is 13.8 Å². The van der Waals surface area contributed by atoms with Gasteiger partial charge in [-0.2, -0.15) is 0 Å². The van der Waals surface area contributed by atoms with Gasteiger partial charge in [-0.1, -0.05) is 23.2 Å². The normalized spacial score (nSPS) is 25.1. The van der Waals surface area contributed by atoms with Crippen LogP contribution in [0, 0.1) is 5.92 Å². The molecule has 1 aliphatic rings. The summed E-state index contributed by atoms with van der Waals surface area (Å²) in [6, 6.07) is 0.535. The van der Waals surface area contributed by atoms with Gasteiger partial charge in [-0.3, -0.25) is 14.4 Å². The fraction of sp³-hybridized carbons (Fsp3) is 0.909. The smallest absolute Gasteiger partial charge is 0.153 e. The molecule has 15 heavy (non-hydrogen) atoms. The molecule has 0 aliphatic carbocycles. The van der Waals surface area contributed by atoms with Gasteiger partial charge in [0, 0.05) is 31.6 Å². The Balaban J connectivity index is 2.74. The fourth-order valence-electron chi connectivity index (χ4n) is 2.07. The summed E-state index contributed by atoms with van der Waals surface area (Å²) >= 11 is 0. The van der Waals surface area contributed by atoms with E-state index in [2.05, 4.69) is 32.8 Å². The molecule has 2 unspecified atom stereocenters. The van der Waals surface area contributed by atoms with Gasteiger partial charge in [-0.25, -0.2) is 0 Å². The monoisotopic (exact) mass is 230 g/mol. The average molecular weight is 230 g/mol. The van der Waals surface area contributed by atoms with Crippen molar-refractivity contribution in [2.45, 2.75) is 39.8 Å². The Labute approximate surface area is 95.5 Å². The van der Waals surface area contributed by atoms with Gasteiger partial charge in [-0.15, -0.1) is 0 Å². The molecule has 3 nitrogen and oxygen atoms in total. The zero-order valence-corrected chi connectivity index (χ0v) is 11.4. The van der Waals surface area contributed by atoms with E-state index in [9.17, 15) is 4.79 Å². The third-order valence-electron chi connectivity index (χ3n) is 3.01. The number of piperazine rings is 1. The minimum Gasteiger partial charge on any atom is -0.298 e. The Kier molecular flexibility index (Phi) is 4.69. The van der Waals surface area contributed by atoms with Gasteiger partial charge in [0.2, 0.25) is 0 Å². The van der Waals surface area contributed by atoms with E-state index in [0.29, 0.717) is 11.8 Å². The highest BCUT2D eigenvalue weighted by Crippen LogP contribution is 2.18. The maximum Gasteiger partial charge on any atom is 0.153 e. The first-order chi connectivity index (χ1) is 6.93. The minimum atomic E-state index is 0.0799. The van der Waals surface area contributed by atoms with Crippen LogP contribution in [0.25, 0.3) is 0 Å². The summed E-state index contributed by atoms with van der Waals surface area (Å²) in [7, 11) is 2.71. The first kappa shape index (κ1) is 13.1. The van der Waals surface area contributed by atoms with Crippen molar-refractivity contribution in [3.05, 3.63) is 0 Å². The predicted molar refractivity (Wildman–Crippen MR) is 66.8 cm³/mol. The summed E-state index contributed by atoms with van der Waals surface area (Å²) in [6.07, 6.45) is 0. The predicted octanol–water partition coefficient (Wildman–Crippen LogP) is 1.40. The lowest BCUT2D eigenvalue weighted by Crippen LogP contribution is -2.57. The average Bonchev–Trinajstić information content (AvgIpc) is 2.15. The van der Waals surface area contributed by atoms with Crippen LogP contribution in [0.4, 0.5) is 0 Å². The molecule has 0 N–H and O–H groups in total.